The van der Waals surface area contributed by atoms with Gasteiger partial charge in [0, 0.05) is 16.3 Å². The van der Waals surface area contributed by atoms with E-state index >= 15 is 0 Å². The first-order valence-corrected chi connectivity index (χ1v) is 7.71. The molecule has 0 saturated heterocycles. The van der Waals surface area contributed by atoms with Crippen molar-refractivity contribution in [2.24, 2.45) is 0 Å². The van der Waals surface area contributed by atoms with Gasteiger partial charge in [-0.1, -0.05) is 19.1 Å². The first kappa shape index (κ1) is 15.0. The van der Waals surface area contributed by atoms with Crippen molar-refractivity contribution in [3.8, 4) is 5.75 Å². The lowest BCUT2D eigenvalue weighted by Crippen LogP contribution is -2.23. The van der Waals surface area contributed by atoms with Crippen molar-refractivity contribution < 1.29 is 9.13 Å². The third-order valence-electron chi connectivity index (χ3n) is 3.14. The highest BCUT2D eigenvalue weighted by Crippen LogP contribution is 2.29. The summed E-state index contributed by atoms with van der Waals surface area (Å²) >= 11 is 1.67. The topological polar surface area (TPSA) is 21.3 Å². The second-order valence-electron chi connectivity index (χ2n) is 4.73. The summed E-state index contributed by atoms with van der Waals surface area (Å²) in [5.74, 6) is 0.702. The van der Waals surface area contributed by atoms with E-state index in [0.29, 0.717) is 0 Å². The molecule has 0 aliphatic rings. The van der Waals surface area contributed by atoms with E-state index in [9.17, 15) is 4.39 Å². The van der Waals surface area contributed by atoms with E-state index in [0.717, 1.165) is 30.7 Å². The van der Waals surface area contributed by atoms with Gasteiger partial charge in [-0.15, -0.1) is 11.3 Å². The van der Waals surface area contributed by atoms with Gasteiger partial charge < -0.3 is 10.1 Å². The van der Waals surface area contributed by atoms with E-state index in [2.05, 4.69) is 18.3 Å². The zero-order valence-electron chi connectivity index (χ0n) is 11.9. The first-order valence-electron chi connectivity index (χ1n) is 6.83. The van der Waals surface area contributed by atoms with Crippen LogP contribution in [-0.4, -0.2) is 13.7 Å². The van der Waals surface area contributed by atoms with Crippen LogP contribution >= 0.6 is 11.3 Å². The molecule has 0 spiro atoms. The summed E-state index contributed by atoms with van der Waals surface area (Å²) in [6.07, 6.45) is 1.85. The second kappa shape index (κ2) is 7.41. The number of hydrogen-bond donors (Lipinski definition) is 1. The Balaban J connectivity index is 2.14. The summed E-state index contributed by atoms with van der Waals surface area (Å²) in [6, 6.07) is 9.06. The maximum atomic E-state index is 13.3. The molecule has 1 N–H and O–H groups in total. The molecule has 2 nitrogen and oxygen atoms in total. The van der Waals surface area contributed by atoms with Gasteiger partial charge in [-0.3, -0.25) is 0 Å². The van der Waals surface area contributed by atoms with Gasteiger partial charge in [0.1, 0.15) is 11.6 Å². The third-order valence-corrected chi connectivity index (χ3v) is 4.17. The highest BCUT2D eigenvalue weighted by Gasteiger charge is 2.14. The molecular formula is C16H20FNOS. The van der Waals surface area contributed by atoms with Crippen LogP contribution < -0.4 is 10.1 Å². The SMILES string of the molecule is CCCNC(Cc1cccc(F)c1)c1cc(OC)cs1. The summed E-state index contributed by atoms with van der Waals surface area (Å²) in [5, 5.41) is 5.53. The number of thiophene rings is 1. The van der Waals surface area contributed by atoms with E-state index in [4.69, 9.17) is 4.74 Å². The third kappa shape index (κ3) is 4.05. The van der Waals surface area contributed by atoms with Gasteiger partial charge >= 0.3 is 0 Å². The van der Waals surface area contributed by atoms with E-state index < -0.39 is 0 Å². The van der Waals surface area contributed by atoms with Crippen molar-refractivity contribution in [1.29, 1.82) is 0 Å². The van der Waals surface area contributed by atoms with Crippen LogP contribution in [0, 0.1) is 5.82 Å². The molecule has 0 saturated carbocycles. The number of hydrogen-bond acceptors (Lipinski definition) is 3. The smallest absolute Gasteiger partial charge is 0.129 e. The Hall–Kier alpha value is -1.39. The largest absolute Gasteiger partial charge is 0.496 e. The Morgan fingerprint density at radius 3 is 2.85 bits per heavy atom. The molecule has 0 fully saturated rings. The Labute approximate surface area is 123 Å². The van der Waals surface area contributed by atoms with Gasteiger partial charge in [-0.05, 0) is 43.1 Å². The lowest BCUT2D eigenvalue weighted by molar-refractivity contribution is 0.415. The van der Waals surface area contributed by atoms with Gasteiger partial charge in [0.15, 0.2) is 0 Å². The number of benzene rings is 1. The lowest BCUT2D eigenvalue weighted by atomic mass is 10.0. The van der Waals surface area contributed by atoms with E-state index in [1.54, 1.807) is 30.6 Å². The molecule has 0 aliphatic heterocycles. The van der Waals surface area contributed by atoms with Crippen LogP contribution in [0.25, 0.3) is 0 Å². The fourth-order valence-corrected chi connectivity index (χ4v) is 3.05. The second-order valence-corrected chi connectivity index (χ2v) is 5.67. The molecule has 1 atom stereocenters. The number of rotatable bonds is 7. The van der Waals surface area contributed by atoms with Crippen molar-refractivity contribution in [3.05, 3.63) is 52.0 Å². The van der Waals surface area contributed by atoms with Crippen LogP contribution in [0.1, 0.15) is 29.8 Å². The highest BCUT2D eigenvalue weighted by atomic mass is 32.1. The molecule has 0 amide bonds. The molecule has 2 aromatic rings. The van der Waals surface area contributed by atoms with Crippen LogP contribution in [-0.2, 0) is 6.42 Å². The molecule has 0 radical (unpaired) electrons. The zero-order valence-corrected chi connectivity index (χ0v) is 12.7. The van der Waals surface area contributed by atoms with Gasteiger partial charge in [0.2, 0.25) is 0 Å². The summed E-state index contributed by atoms with van der Waals surface area (Å²) in [4.78, 5) is 1.22. The standard InChI is InChI=1S/C16H20FNOS/c1-3-7-18-15(16-10-14(19-2)11-20-16)9-12-5-4-6-13(17)8-12/h4-6,8,10-11,15,18H,3,7,9H2,1-2H3. The van der Waals surface area contributed by atoms with Gasteiger partial charge in [0.25, 0.3) is 0 Å². The average molecular weight is 293 g/mol. The first-order chi connectivity index (χ1) is 9.72. The van der Waals surface area contributed by atoms with Crippen LogP contribution in [0.5, 0.6) is 5.75 Å². The normalized spacial score (nSPS) is 12.3. The monoisotopic (exact) mass is 293 g/mol. The van der Waals surface area contributed by atoms with Crippen molar-refractivity contribution in [1.82, 2.24) is 5.32 Å². The maximum absolute atomic E-state index is 13.3. The lowest BCUT2D eigenvalue weighted by Gasteiger charge is -2.17. The Morgan fingerprint density at radius 2 is 2.20 bits per heavy atom. The summed E-state index contributed by atoms with van der Waals surface area (Å²) in [7, 11) is 1.67. The maximum Gasteiger partial charge on any atom is 0.129 e. The van der Waals surface area contributed by atoms with E-state index in [1.165, 1.54) is 10.9 Å². The van der Waals surface area contributed by atoms with Gasteiger partial charge in [0.05, 0.1) is 7.11 Å². The van der Waals surface area contributed by atoms with Crippen LogP contribution in [0.3, 0.4) is 0 Å². The molecular weight excluding hydrogens is 273 g/mol. The van der Waals surface area contributed by atoms with Crippen molar-refractivity contribution in [2.45, 2.75) is 25.8 Å². The predicted molar refractivity (Wildman–Crippen MR) is 82.0 cm³/mol. The summed E-state index contributed by atoms with van der Waals surface area (Å²) < 4.78 is 18.5. The van der Waals surface area contributed by atoms with Crippen LogP contribution in [0.4, 0.5) is 4.39 Å². The summed E-state index contributed by atoms with van der Waals surface area (Å²) in [5.41, 5.74) is 1.01. The fraction of sp³-hybridized carbons (Fsp3) is 0.375. The summed E-state index contributed by atoms with van der Waals surface area (Å²) in [6.45, 7) is 3.08. The zero-order chi connectivity index (χ0) is 14.4. The van der Waals surface area contributed by atoms with Crippen molar-refractivity contribution in [3.63, 3.8) is 0 Å². The predicted octanol–water partition coefficient (Wildman–Crippen LogP) is 4.18. The van der Waals surface area contributed by atoms with Crippen LogP contribution in [0.2, 0.25) is 0 Å². The number of halogens is 1. The Kier molecular flexibility index (Phi) is 5.56. The average Bonchev–Trinajstić information content (AvgIpc) is 2.92. The molecule has 1 aromatic carbocycles. The highest BCUT2D eigenvalue weighted by molar-refractivity contribution is 7.10. The number of methoxy groups -OCH3 is 1. The molecule has 0 aliphatic carbocycles. The van der Waals surface area contributed by atoms with Gasteiger partial charge in [-0.25, -0.2) is 4.39 Å². The van der Waals surface area contributed by atoms with E-state index in [-0.39, 0.29) is 11.9 Å². The molecule has 20 heavy (non-hydrogen) atoms. The minimum atomic E-state index is -0.180. The number of nitrogens with one attached hydrogen (secondary N) is 1. The molecule has 1 heterocycles. The minimum absolute atomic E-state index is 0.180. The molecule has 2 rings (SSSR count). The number of ether oxygens (including phenoxy) is 1. The van der Waals surface area contributed by atoms with E-state index in [1.807, 2.05) is 11.4 Å². The molecule has 108 valence electrons. The molecule has 1 unspecified atom stereocenters. The van der Waals surface area contributed by atoms with Crippen LogP contribution in [0.15, 0.2) is 35.7 Å². The molecule has 0 bridgehead atoms. The molecule has 1 aromatic heterocycles. The quantitative estimate of drug-likeness (QED) is 0.827. The van der Waals surface area contributed by atoms with Crippen molar-refractivity contribution >= 4 is 11.3 Å². The molecule has 4 heteroatoms. The van der Waals surface area contributed by atoms with Gasteiger partial charge in [-0.2, -0.15) is 0 Å². The minimum Gasteiger partial charge on any atom is -0.496 e. The van der Waals surface area contributed by atoms with Crippen molar-refractivity contribution in [2.75, 3.05) is 13.7 Å². The Morgan fingerprint density at radius 1 is 1.35 bits per heavy atom. The Bertz CT molecular complexity index is 541. The fourth-order valence-electron chi connectivity index (χ4n) is 2.12.